The van der Waals surface area contributed by atoms with E-state index in [4.69, 9.17) is 9.47 Å². The lowest BCUT2D eigenvalue weighted by Crippen LogP contribution is -2.40. The maximum absolute atomic E-state index is 13.6. The normalized spacial score (nSPS) is 15.3. The van der Waals surface area contributed by atoms with Crippen molar-refractivity contribution in [3.63, 3.8) is 0 Å². The van der Waals surface area contributed by atoms with Gasteiger partial charge < -0.3 is 9.47 Å². The molecule has 0 saturated carbocycles. The first-order chi connectivity index (χ1) is 16.8. The summed E-state index contributed by atoms with van der Waals surface area (Å²) in [4.78, 5) is 43.6. The third-order valence-corrected chi connectivity index (χ3v) is 6.58. The third kappa shape index (κ3) is 4.79. The first-order valence-electron chi connectivity index (χ1n) is 10.9. The number of carbonyl (C=O) groups is 2. The van der Waals surface area contributed by atoms with Crippen molar-refractivity contribution >= 4 is 29.4 Å². The number of benzene rings is 2. The molecule has 1 aromatic heterocycles. The molecule has 0 saturated heterocycles. The zero-order chi connectivity index (χ0) is 25.1. The number of hydrogen-bond donors (Lipinski definition) is 0. The molecule has 3 aromatic rings. The fraction of sp³-hybridized carbons (Fsp3) is 0.185. The standard InChI is InChI=1S/C27H24N2O5S/c1-5-14-34-26(32)22-17(3)28-27-29(23(22)19-10-12-20(13-11-19)25(31)33-4)24(30)21(35-27)15-18-8-6-16(2)7-9-18/h5-13,15,23H,1,14H2,2-4H3/b21-15+/t23-/m1/s1. The van der Waals surface area contributed by atoms with Crippen molar-refractivity contribution in [1.82, 2.24) is 4.57 Å². The van der Waals surface area contributed by atoms with Gasteiger partial charge in [-0.2, -0.15) is 0 Å². The quantitative estimate of drug-likeness (QED) is 0.393. The highest BCUT2D eigenvalue weighted by Gasteiger charge is 2.33. The van der Waals surface area contributed by atoms with Crippen molar-refractivity contribution in [2.24, 2.45) is 4.99 Å². The molecule has 1 aliphatic heterocycles. The largest absolute Gasteiger partial charge is 0.465 e. The fourth-order valence-electron chi connectivity index (χ4n) is 3.84. The molecule has 1 aliphatic rings. The zero-order valence-electron chi connectivity index (χ0n) is 19.6. The van der Waals surface area contributed by atoms with Gasteiger partial charge in [-0.3, -0.25) is 9.36 Å². The topological polar surface area (TPSA) is 87.0 Å². The number of rotatable bonds is 6. The van der Waals surface area contributed by atoms with E-state index in [0.717, 1.165) is 11.1 Å². The molecule has 0 unspecified atom stereocenters. The summed E-state index contributed by atoms with van der Waals surface area (Å²) < 4.78 is 12.1. The number of ether oxygens (including phenoxy) is 2. The Labute approximate surface area is 206 Å². The highest BCUT2D eigenvalue weighted by atomic mass is 32.1. The van der Waals surface area contributed by atoms with E-state index < -0.39 is 18.0 Å². The van der Waals surface area contributed by atoms with Crippen molar-refractivity contribution in [2.45, 2.75) is 19.9 Å². The minimum atomic E-state index is -0.768. The summed E-state index contributed by atoms with van der Waals surface area (Å²) in [5.74, 6) is -1.06. The molecule has 0 aliphatic carbocycles. The lowest BCUT2D eigenvalue weighted by molar-refractivity contribution is -0.138. The number of nitrogens with zero attached hydrogens (tertiary/aromatic N) is 2. The van der Waals surface area contributed by atoms with Crippen LogP contribution in [-0.4, -0.2) is 30.2 Å². The molecule has 1 atom stereocenters. The van der Waals surface area contributed by atoms with Crippen LogP contribution in [0.5, 0.6) is 0 Å². The van der Waals surface area contributed by atoms with Crippen molar-refractivity contribution in [3.8, 4) is 0 Å². The van der Waals surface area contributed by atoms with Crippen LogP contribution in [0.15, 0.2) is 82.2 Å². The Balaban J connectivity index is 1.90. The Hall–Kier alpha value is -4.04. The zero-order valence-corrected chi connectivity index (χ0v) is 20.4. The minimum Gasteiger partial charge on any atom is -0.465 e. The molecule has 0 fully saturated rings. The average Bonchev–Trinajstić information content (AvgIpc) is 3.16. The predicted molar refractivity (Wildman–Crippen MR) is 134 cm³/mol. The predicted octanol–water partition coefficient (Wildman–Crippen LogP) is 3.06. The van der Waals surface area contributed by atoms with Crippen LogP contribution in [0.2, 0.25) is 0 Å². The molecule has 2 aromatic carbocycles. The lowest BCUT2D eigenvalue weighted by atomic mass is 9.95. The maximum Gasteiger partial charge on any atom is 0.338 e. The fourth-order valence-corrected chi connectivity index (χ4v) is 4.89. The Morgan fingerprint density at radius 1 is 1.09 bits per heavy atom. The maximum atomic E-state index is 13.6. The minimum absolute atomic E-state index is 0.0292. The highest BCUT2D eigenvalue weighted by molar-refractivity contribution is 7.07. The second-order valence-electron chi connectivity index (χ2n) is 7.99. The summed E-state index contributed by atoms with van der Waals surface area (Å²) in [5.41, 5.74) is 3.47. The first kappa shape index (κ1) is 24.1. The van der Waals surface area contributed by atoms with Gasteiger partial charge in [0.05, 0.1) is 34.5 Å². The van der Waals surface area contributed by atoms with Gasteiger partial charge in [0.25, 0.3) is 5.56 Å². The smallest absolute Gasteiger partial charge is 0.338 e. The van der Waals surface area contributed by atoms with Crippen LogP contribution in [0.3, 0.4) is 0 Å². The van der Waals surface area contributed by atoms with E-state index in [0.29, 0.717) is 26.2 Å². The van der Waals surface area contributed by atoms with Crippen molar-refractivity contribution in [3.05, 3.63) is 114 Å². The molecular weight excluding hydrogens is 464 g/mol. The molecule has 178 valence electrons. The van der Waals surface area contributed by atoms with Crippen LogP contribution >= 0.6 is 11.3 Å². The second kappa shape index (κ2) is 10.1. The van der Waals surface area contributed by atoms with E-state index in [1.807, 2.05) is 37.3 Å². The van der Waals surface area contributed by atoms with Crippen molar-refractivity contribution < 1.29 is 19.1 Å². The van der Waals surface area contributed by atoms with Gasteiger partial charge in [-0.15, -0.1) is 0 Å². The van der Waals surface area contributed by atoms with Crippen LogP contribution in [-0.2, 0) is 14.3 Å². The summed E-state index contributed by atoms with van der Waals surface area (Å²) >= 11 is 1.26. The SMILES string of the molecule is C=CCOC(=O)C1=C(C)N=c2s/c(=C/c3ccc(C)cc3)c(=O)n2[C@@H]1c1ccc(C(=O)OC)cc1. The summed E-state index contributed by atoms with van der Waals surface area (Å²) in [5, 5.41) is 0. The molecule has 0 spiro atoms. The summed E-state index contributed by atoms with van der Waals surface area (Å²) in [7, 11) is 1.31. The Kier molecular flexibility index (Phi) is 6.93. The van der Waals surface area contributed by atoms with Crippen LogP contribution in [0.1, 0.15) is 40.0 Å². The van der Waals surface area contributed by atoms with Crippen LogP contribution in [0.4, 0.5) is 0 Å². The Morgan fingerprint density at radius 3 is 2.40 bits per heavy atom. The average molecular weight is 489 g/mol. The number of fused-ring (bicyclic) bond motifs is 1. The lowest BCUT2D eigenvalue weighted by Gasteiger charge is -2.24. The molecular formula is C27H24N2O5S. The molecule has 4 rings (SSSR count). The van der Waals surface area contributed by atoms with E-state index in [1.54, 1.807) is 31.2 Å². The highest BCUT2D eigenvalue weighted by Crippen LogP contribution is 2.31. The van der Waals surface area contributed by atoms with Gasteiger partial charge >= 0.3 is 11.9 Å². The van der Waals surface area contributed by atoms with Gasteiger partial charge in [0, 0.05) is 0 Å². The number of hydrogen-bond acceptors (Lipinski definition) is 7. The monoisotopic (exact) mass is 488 g/mol. The van der Waals surface area contributed by atoms with Crippen LogP contribution in [0, 0.1) is 6.92 Å². The number of allylic oxidation sites excluding steroid dienone is 1. The molecule has 0 radical (unpaired) electrons. The van der Waals surface area contributed by atoms with Crippen molar-refractivity contribution in [2.75, 3.05) is 13.7 Å². The number of aromatic nitrogens is 1. The van der Waals surface area contributed by atoms with Crippen molar-refractivity contribution in [1.29, 1.82) is 0 Å². The number of esters is 2. The molecule has 35 heavy (non-hydrogen) atoms. The number of aryl methyl sites for hydroxylation is 1. The first-order valence-corrected chi connectivity index (χ1v) is 11.7. The number of methoxy groups -OCH3 is 1. The van der Waals surface area contributed by atoms with E-state index in [1.165, 1.54) is 29.1 Å². The molecule has 0 amide bonds. The molecule has 2 heterocycles. The molecule has 0 bridgehead atoms. The van der Waals surface area contributed by atoms with Gasteiger partial charge in [0.2, 0.25) is 0 Å². The van der Waals surface area contributed by atoms with E-state index in [2.05, 4.69) is 11.6 Å². The summed E-state index contributed by atoms with van der Waals surface area (Å²) in [6.45, 7) is 7.34. The Morgan fingerprint density at radius 2 is 1.77 bits per heavy atom. The van der Waals surface area contributed by atoms with E-state index in [9.17, 15) is 14.4 Å². The van der Waals surface area contributed by atoms with E-state index >= 15 is 0 Å². The molecule has 0 N–H and O–H groups in total. The van der Waals surface area contributed by atoms with Gasteiger partial charge in [0.15, 0.2) is 4.80 Å². The van der Waals surface area contributed by atoms with Gasteiger partial charge in [-0.05, 0) is 43.2 Å². The van der Waals surface area contributed by atoms with Gasteiger partial charge in [-0.25, -0.2) is 14.6 Å². The summed E-state index contributed by atoms with van der Waals surface area (Å²) in [6, 6.07) is 13.7. The van der Waals surface area contributed by atoms with Crippen LogP contribution in [0.25, 0.3) is 6.08 Å². The summed E-state index contributed by atoms with van der Waals surface area (Å²) in [6.07, 6.45) is 3.29. The molecule has 7 nitrogen and oxygen atoms in total. The second-order valence-corrected chi connectivity index (χ2v) is 9.00. The Bertz CT molecular complexity index is 1510. The number of carbonyl (C=O) groups excluding carboxylic acids is 2. The van der Waals surface area contributed by atoms with Gasteiger partial charge in [-0.1, -0.05) is 66.0 Å². The number of thiazole rings is 1. The van der Waals surface area contributed by atoms with Gasteiger partial charge in [0.1, 0.15) is 6.61 Å². The van der Waals surface area contributed by atoms with Crippen LogP contribution < -0.4 is 14.9 Å². The third-order valence-electron chi connectivity index (χ3n) is 5.60. The van der Waals surface area contributed by atoms with E-state index in [-0.39, 0.29) is 17.7 Å². The molecule has 8 heteroatoms.